The van der Waals surface area contributed by atoms with Crippen LogP contribution in [0, 0.1) is 15.0 Å². The highest BCUT2D eigenvalue weighted by Gasteiger charge is 2.04. The van der Waals surface area contributed by atoms with Crippen LogP contribution in [0.4, 0.5) is 11.4 Å². The van der Waals surface area contributed by atoms with Crippen molar-refractivity contribution in [1.82, 2.24) is 0 Å². The molecule has 0 bridgehead atoms. The highest BCUT2D eigenvalue weighted by molar-refractivity contribution is 5.65. The third kappa shape index (κ3) is 4.88. The molecular weight excluding hydrogens is 348 g/mol. The third-order valence-electron chi connectivity index (χ3n) is 3.83. The lowest BCUT2D eigenvalue weighted by atomic mass is 10.1. The Morgan fingerprint density at radius 2 is 1.19 bits per heavy atom. The number of rotatable bonds is 8. The van der Waals surface area contributed by atoms with Crippen molar-refractivity contribution in [3.63, 3.8) is 0 Å². The molecule has 136 valence electrons. The van der Waals surface area contributed by atoms with Crippen molar-refractivity contribution in [1.29, 1.82) is 0 Å². The van der Waals surface area contributed by atoms with Crippen LogP contribution in [-0.2, 0) is 0 Å². The Bertz CT molecular complexity index is 907. The lowest BCUT2D eigenvalue weighted by Crippen LogP contribution is -2.08. The average Bonchev–Trinajstić information content (AvgIpc) is 2.72. The summed E-state index contributed by atoms with van der Waals surface area (Å²) in [7, 11) is 0. The first-order chi connectivity index (χ1) is 13.2. The first-order valence-electron chi connectivity index (χ1n) is 8.19. The molecule has 0 unspecified atom stereocenters. The van der Waals surface area contributed by atoms with E-state index in [-0.39, 0.29) is 5.69 Å². The zero-order chi connectivity index (χ0) is 19.1. The Morgan fingerprint density at radius 1 is 0.741 bits per heavy atom. The summed E-state index contributed by atoms with van der Waals surface area (Å²) in [6.07, 6.45) is 0. The molecule has 0 aliphatic carbocycles. The molecule has 0 radical (unpaired) electrons. The molecule has 3 aromatic carbocycles. The molecule has 0 atom stereocenters. The Balaban J connectivity index is 1.48. The van der Waals surface area contributed by atoms with Crippen molar-refractivity contribution in [2.75, 3.05) is 13.2 Å². The number of hydrogen-bond donors (Lipinski definition) is 0. The van der Waals surface area contributed by atoms with E-state index in [1.54, 1.807) is 24.3 Å². The summed E-state index contributed by atoms with van der Waals surface area (Å²) >= 11 is 0. The van der Waals surface area contributed by atoms with Crippen LogP contribution in [0.5, 0.6) is 11.5 Å². The molecule has 0 N–H and O–H groups in total. The smallest absolute Gasteiger partial charge is 0.269 e. The van der Waals surface area contributed by atoms with E-state index in [0.717, 1.165) is 11.1 Å². The monoisotopic (exact) mass is 364 g/mol. The highest BCUT2D eigenvalue weighted by Crippen LogP contribution is 2.24. The molecule has 27 heavy (non-hydrogen) atoms. The van der Waals surface area contributed by atoms with Gasteiger partial charge in [-0.2, -0.15) is 0 Å². The topological polar surface area (TPSA) is 91.0 Å². The maximum Gasteiger partial charge on any atom is 0.269 e. The van der Waals surface area contributed by atoms with Crippen LogP contribution in [0.15, 0.2) is 78.0 Å². The number of nitro groups is 1. The minimum atomic E-state index is -0.454. The Kier molecular flexibility index (Phi) is 5.73. The second-order valence-corrected chi connectivity index (χ2v) is 5.61. The SMILES string of the molecule is O=Nc1ccc(-c2ccc(OCCOc3ccc([N+](=O)[O-])cc3)cc2)cc1. The van der Waals surface area contributed by atoms with E-state index >= 15 is 0 Å². The highest BCUT2D eigenvalue weighted by atomic mass is 16.6. The van der Waals surface area contributed by atoms with E-state index in [9.17, 15) is 15.0 Å². The van der Waals surface area contributed by atoms with Gasteiger partial charge in [-0.25, -0.2) is 0 Å². The molecule has 0 spiro atoms. The van der Waals surface area contributed by atoms with Crippen molar-refractivity contribution < 1.29 is 14.4 Å². The maximum atomic E-state index is 10.6. The predicted octanol–water partition coefficient (Wildman–Crippen LogP) is 5.12. The van der Waals surface area contributed by atoms with Gasteiger partial charge in [-0.3, -0.25) is 10.1 Å². The fourth-order valence-corrected chi connectivity index (χ4v) is 2.44. The molecule has 3 aromatic rings. The van der Waals surface area contributed by atoms with Gasteiger partial charge in [0, 0.05) is 12.1 Å². The lowest BCUT2D eigenvalue weighted by Gasteiger charge is -2.09. The number of nitro benzene ring substituents is 1. The molecule has 0 amide bonds. The van der Waals surface area contributed by atoms with Crippen LogP contribution >= 0.6 is 0 Å². The van der Waals surface area contributed by atoms with Crippen molar-refractivity contribution in [3.8, 4) is 22.6 Å². The minimum Gasteiger partial charge on any atom is -0.490 e. The maximum absolute atomic E-state index is 10.6. The van der Waals surface area contributed by atoms with Gasteiger partial charge in [0.05, 0.1) is 4.92 Å². The van der Waals surface area contributed by atoms with Gasteiger partial charge in [-0.1, -0.05) is 24.3 Å². The van der Waals surface area contributed by atoms with Gasteiger partial charge in [0.25, 0.3) is 5.69 Å². The van der Waals surface area contributed by atoms with Crippen LogP contribution in [0.25, 0.3) is 11.1 Å². The summed E-state index contributed by atoms with van der Waals surface area (Å²) in [5.74, 6) is 1.25. The second-order valence-electron chi connectivity index (χ2n) is 5.61. The van der Waals surface area contributed by atoms with E-state index < -0.39 is 4.92 Å². The first-order valence-corrected chi connectivity index (χ1v) is 8.19. The van der Waals surface area contributed by atoms with Gasteiger partial charge in [-0.15, -0.1) is 4.91 Å². The largest absolute Gasteiger partial charge is 0.490 e. The van der Waals surface area contributed by atoms with Gasteiger partial charge in [-0.05, 0) is 52.7 Å². The molecule has 0 aliphatic heterocycles. The van der Waals surface area contributed by atoms with Crippen LogP contribution in [0.1, 0.15) is 0 Å². The van der Waals surface area contributed by atoms with E-state index in [0.29, 0.717) is 30.4 Å². The van der Waals surface area contributed by atoms with E-state index in [1.165, 1.54) is 12.1 Å². The molecule has 0 saturated carbocycles. The third-order valence-corrected chi connectivity index (χ3v) is 3.83. The lowest BCUT2D eigenvalue weighted by molar-refractivity contribution is -0.384. The molecular formula is C20H16N2O5. The summed E-state index contributed by atoms with van der Waals surface area (Å²) in [6.45, 7) is 0.662. The number of nitroso groups, excluding NO2 is 1. The van der Waals surface area contributed by atoms with Crippen molar-refractivity contribution in [2.45, 2.75) is 0 Å². The fraction of sp³-hybridized carbons (Fsp3) is 0.100. The van der Waals surface area contributed by atoms with Crippen molar-refractivity contribution >= 4 is 11.4 Å². The predicted molar refractivity (Wildman–Crippen MR) is 101 cm³/mol. The molecule has 7 nitrogen and oxygen atoms in total. The molecule has 3 rings (SSSR count). The first kappa shape index (κ1) is 18.1. The Morgan fingerprint density at radius 3 is 1.63 bits per heavy atom. The number of hydrogen-bond acceptors (Lipinski definition) is 6. The molecule has 7 heteroatoms. The second kappa shape index (κ2) is 8.57. The Hall–Kier alpha value is -3.74. The van der Waals surface area contributed by atoms with Gasteiger partial charge >= 0.3 is 0 Å². The number of non-ortho nitro benzene ring substituents is 1. The van der Waals surface area contributed by atoms with E-state index in [2.05, 4.69) is 5.18 Å². The van der Waals surface area contributed by atoms with Crippen LogP contribution < -0.4 is 9.47 Å². The Labute approximate surface area is 155 Å². The molecule has 0 saturated heterocycles. The summed E-state index contributed by atoms with van der Waals surface area (Å²) in [4.78, 5) is 20.6. The summed E-state index contributed by atoms with van der Waals surface area (Å²) in [5, 5.41) is 13.5. The average molecular weight is 364 g/mol. The molecule has 0 heterocycles. The van der Waals surface area contributed by atoms with Crippen molar-refractivity contribution in [3.05, 3.63) is 87.8 Å². The van der Waals surface area contributed by atoms with E-state index in [4.69, 9.17) is 9.47 Å². The quantitative estimate of drug-likeness (QED) is 0.239. The van der Waals surface area contributed by atoms with Gasteiger partial charge < -0.3 is 9.47 Å². The summed E-state index contributed by atoms with van der Waals surface area (Å²) in [6, 6.07) is 20.5. The zero-order valence-corrected chi connectivity index (χ0v) is 14.3. The molecule has 0 fully saturated rings. The molecule has 0 aromatic heterocycles. The van der Waals surface area contributed by atoms with Gasteiger partial charge in [0.2, 0.25) is 0 Å². The minimum absolute atomic E-state index is 0.0238. The van der Waals surface area contributed by atoms with Gasteiger partial charge in [0.1, 0.15) is 30.4 Å². The van der Waals surface area contributed by atoms with Gasteiger partial charge in [0.15, 0.2) is 0 Å². The summed E-state index contributed by atoms with van der Waals surface area (Å²) < 4.78 is 11.1. The summed E-state index contributed by atoms with van der Waals surface area (Å²) in [5.41, 5.74) is 2.40. The number of benzene rings is 3. The number of ether oxygens (including phenoxy) is 2. The van der Waals surface area contributed by atoms with Crippen LogP contribution in [0.3, 0.4) is 0 Å². The fourth-order valence-electron chi connectivity index (χ4n) is 2.44. The normalized spacial score (nSPS) is 10.2. The van der Waals surface area contributed by atoms with E-state index in [1.807, 2.05) is 36.4 Å². The standard InChI is InChI=1S/C20H16N2O5/c23-21-17-5-1-15(2-6-17)16-3-9-19(10-4-16)26-13-14-27-20-11-7-18(8-12-20)22(24)25/h1-12H,13-14H2. The molecule has 0 aliphatic rings. The van der Waals surface area contributed by atoms with Crippen molar-refractivity contribution in [2.24, 2.45) is 5.18 Å². The zero-order valence-electron chi connectivity index (χ0n) is 14.3. The number of nitrogens with zero attached hydrogens (tertiary/aromatic N) is 2. The van der Waals surface area contributed by atoms with Crippen LogP contribution in [0.2, 0.25) is 0 Å². The van der Waals surface area contributed by atoms with Crippen LogP contribution in [-0.4, -0.2) is 18.1 Å².